The lowest BCUT2D eigenvalue weighted by atomic mass is 9.65. The Hall–Kier alpha value is -3.21. The van der Waals surface area contributed by atoms with Crippen molar-refractivity contribution >= 4 is 5.91 Å². The summed E-state index contributed by atoms with van der Waals surface area (Å²) in [6.07, 6.45) is 11.2. The molecule has 0 fully saturated rings. The summed E-state index contributed by atoms with van der Waals surface area (Å²) in [5, 5.41) is 22.0. The van der Waals surface area contributed by atoms with Crippen molar-refractivity contribution in [2.45, 2.75) is 83.2 Å². The van der Waals surface area contributed by atoms with Gasteiger partial charge >= 0.3 is 0 Å². The molecular weight excluding hydrogens is 564 g/mol. The van der Waals surface area contributed by atoms with E-state index in [4.69, 9.17) is 23.7 Å². The summed E-state index contributed by atoms with van der Waals surface area (Å²) < 4.78 is 28.1. The van der Waals surface area contributed by atoms with E-state index in [1.807, 2.05) is 18.2 Å². The number of hydrazine groups is 1. The maximum atomic E-state index is 13.9. The smallest absolute Gasteiger partial charge is 0.238 e. The summed E-state index contributed by atoms with van der Waals surface area (Å²) in [4.78, 5) is 13.9. The predicted octanol–water partition coefficient (Wildman–Crippen LogP) is 5.39. The highest BCUT2D eigenvalue weighted by molar-refractivity contribution is 5.81. The molecule has 0 unspecified atom stereocenters. The van der Waals surface area contributed by atoms with E-state index in [1.165, 1.54) is 72.7 Å². The molecule has 44 heavy (non-hydrogen) atoms. The minimum Gasteiger partial charge on any atom is -0.493 e. The molecule has 1 aliphatic heterocycles. The molecular formula is C34H50N2O8. The molecule has 0 aromatic heterocycles. The van der Waals surface area contributed by atoms with Crippen molar-refractivity contribution in [1.29, 1.82) is 0 Å². The van der Waals surface area contributed by atoms with E-state index < -0.39 is 30.5 Å². The van der Waals surface area contributed by atoms with E-state index in [9.17, 15) is 15.0 Å². The quantitative estimate of drug-likeness (QED) is 0.129. The van der Waals surface area contributed by atoms with Crippen LogP contribution in [0, 0.1) is 11.8 Å². The van der Waals surface area contributed by atoms with Crippen LogP contribution in [0.25, 0.3) is 0 Å². The highest BCUT2D eigenvalue weighted by Gasteiger charge is 2.47. The van der Waals surface area contributed by atoms with Gasteiger partial charge in [0, 0.05) is 25.0 Å². The monoisotopic (exact) mass is 614 g/mol. The van der Waals surface area contributed by atoms with Crippen LogP contribution < -0.4 is 34.5 Å². The third-order valence-electron chi connectivity index (χ3n) is 8.88. The Kier molecular flexibility index (Phi) is 12.8. The van der Waals surface area contributed by atoms with Gasteiger partial charge in [0.2, 0.25) is 18.4 Å². The third-order valence-corrected chi connectivity index (χ3v) is 8.88. The summed E-state index contributed by atoms with van der Waals surface area (Å²) in [6, 6.07) is 7.18. The van der Waals surface area contributed by atoms with Crippen molar-refractivity contribution in [2.24, 2.45) is 11.8 Å². The number of benzene rings is 2. The van der Waals surface area contributed by atoms with Gasteiger partial charge in [-0.1, -0.05) is 64.7 Å². The number of hydrogen-bond donors (Lipinski definition) is 4. The zero-order valence-corrected chi connectivity index (χ0v) is 26.7. The highest BCUT2D eigenvalue weighted by Crippen LogP contribution is 2.53. The zero-order chi connectivity index (χ0) is 31.5. The van der Waals surface area contributed by atoms with E-state index in [1.54, 1.807) is 6.07 Å². The van der Waals surface area contributed by atoms with Crippen molar-refractivity contribution in [3.8, 4) is 28.7 Å². The Morgan fingerprint density at radius 1 is 0.841 bits per heavy atom. The fourth-order valence-corrected chi connectivity index (χ4v) is 6.53. The van der Waals surface area contributed by atoms with Crippen molar-refractivity contribution in [3.05, 3.63) is 41.0 Å². The number of aliphatic hydroxyl groups excluding tert-OH is 2. The second-order valence-corrected chi connectivity index (χ2v) is 11.7. The Morgan fingerprint density at radius 3 is 1.95 bits per heavy atom. The lowest BCUT2D eigenvalue weighted by Gasteiger charge is -2.41. The van der Waals surface area contributed by atoms with Gasteiger partial charge in [0.15, 0.2) is 23.0 Å². The van der Waals surface area contributed by atoms with Crippen molar-refractivity contribution in [2.75, 3.05) is 41.3 Å². The largest absolute Gasteiger partial charge is 0.493 e. The number of ether oxygens (including phenoxy) is 5. The van der Waals surface area contributed by atoms with Crippen molar-refractivity contribution in [1.82, 2.24) is 10.9 Å². The van der Waals surface area contributed by atoms with Crippen molar-refractivity contribution < 1.29 is 38.7 Å². The topological polar surface area (TPSA) is 128 Å². The zero-order valence-electron chi connectivity index (χ0n) is 26.7. The normalized spacial score (nSPS) is 20.2. The van der Waals surface area contributed by atoms with Gasteiger partial charge in [0.05, 0.1) is 33.4 Å². The van der Waals surface area contributed by atoms with Gasteiger partial charge < -0.3 is 33.9 Å². The molecule has 10 nitrogen and oxygen atoms in total. The van der Waals surface area contributed by atoms with Crippen LogP contribution in [0.3, 0.4) is 0 Å². The van der Waals surface area contributed by atoms with Crippen LogP contribution in [0.1, 0.15) is 99.8 Å². The minimum absolute atomic E-state index is 0.0688. The number of fused-ring (bicyclic) bond motifs is 2. The fraction of sp³-hybridized carbons (Fsp3) is 0.618. The molecule has 0 saturated carbocycles. The van der Waals surface area contributed by atoms with E-state index in [0.29, 0.717) is 52.0 Å². The molecule has 4 rings (SSSR count). The molecule has 0 bridgehead atoms. The van der Waals surface area contributed by atoms with Gasteiger partial charge in [-0.15, -0.1) is 0 Å². The molecule has 1 amide bonds. The van der Waals surface area contributed by atoms with Crippen LogP contribution in [0.4, 0.5) is 0 Å². The molecule has 10 heteroatoms. The Morgan fingerprint density at radius 2 is 1.41 bits per heavy atom. The van der Waals surface area contributed by atoms with E-state index >= 15 is 0 Å². The number of rotatable bonds is 18. The average molecular weight is 615 g/mol. The number of carbonyl (C=O) groups is 1. The first-order valence-electron chi connectivity index (χ1n) is 16.0. The van der Waals surface area contributed by atoms with Crippen LogP contribution in [0.15, 0.2) is 24.3 Å². The fourth-order valence-electron chi connectivity index (χ4n) is 6.53. The van der Waals surface area contributed by atoms with E-state index in [0.717, 1.165) is 12.8 Å². The van der Waals surface area contributed by atoms with Gasteiger partial charge in [0.1, 0.15) is 0 Å². The van der Waals surface area contributed by atoms with Gasteiger partial charge in [-0.05, 0) is 47.4 Å². The Bertz CT molecular complexity index is 1200. The van der Waals surface area contributed by atoms with Crippen LogP contribution in [-0.4, -0.2) is 57.4 Å². The maximum Gasteiger partial charge on any atom is 0.238 e. The lowest BCUT2D eigenvalue weighted by molar-refractivity contribution is -0.132. The first kappa shape index (κ1) is 33.7. The standard InChI is InChI=1S/C34H50N2O8/c1-5-6-7-8-9-10-11-12-13-14-15-35-36-34(39)31-25(20-37)32(38)24-19-27-26(43-21-44-27)18-23(24)30(31)22-16-28(40-2)33(42-4)29(17-22)41-3/h16-19,25,30-32,35,37-38H,5-15,20-21H2,1-4H3,(H,36,39)/t25-,30+,31-,32-/m1/s1. The molecule has 2 aromatic rings. The Labute approximate surface area is 261 Å². The van der Waals surface area contributed by atoms with Gasteiger partial charge in [-0.3, -0.25) is 10.2 Å². The summed E-state index contributed by atoms with van der Waals surface area (Å²) >= 11 is 0. The number of hydrogen-bond acceptors (Lipinski definition) is 9. The highest BCUT2D eigenvalue weighted by atomic mass is 16.7. The van der Waals surface area contributed by atoms with Gasteiger partial charge in [-0.2, -0.15) is 0 Å². The average Bonchev–Trinajstić information content (AvgIpc) is 3.51. The van der Waals surface area contributed by atoms with Gasteiger partial charge in [-0.25, -0.2) is 5.43 Å². The number of carbonyl (C=O) groups excluding carboxylic acids is 1. The number of amides is 1. The molecule has 4 atom stereocenters. The molecule has 1 heterocycles. The van der Waals surface area contributed by atoms with Crippen LogP contribution in [0.5, 0.6) is 28.7 Å². The van der Waals surface area contributed by atoms with E-state index in [2.05, 4.69) is 17.8 Å². The molecule has 244 valence electrons. The number of nitrogens with one attached hydrogen (secondary N) is 2. The molecule has 0 saturated heterocycles. The second kappa shape index (κ2) is 16.7. The number of aliphatic hydroxyl groups is 2. The first-order chi connectivity index (χ1) is 21.5. The lowest BCUT2D eigenvalue weighted by Crippen LogP contribution is -2.49. The van der Waals surface area contributed by atoms with Crippen LogP contribution >= 0.6 is 0 Å². The first-order valence-corrected chi connectivity index (χ1v) is 16.0. The summed E-state index contributed by atoms with van der Waals surface area (Å²) in [6.45, 7) is 2.54. The number of unbranched alkanes of at least 4 members (excludes halogenated alkanes) is 9. The van der Waals surface area contributed by atoms with Crippen molar-refractivity contribution in [3.63, 3.8) is 0 Å². The molecule has 2 aromatic carbocycles. The summed E-state index contributed by atoms with van der Waals surface area (Å²) in [5.74, 6) is -0.151. The minimum atomic E-state index is -1.10. The molecule has 4 N–H and O–H groups in total. The van der Waals surface area contributed by atoms with E-state index in [-0.39, 0.29) is 12.7 Å². The Balaban J connectivity index is 1.52. The number of methoxy groups -OCH3 is 3. The third kappa shape index (κ3) is 7.71. The second-order valence-electron chi connectivity index (χ2n) is 11.7. The SMILES string of the molecule is CCCCCCCCCCCCNNC(=O)[C@H]1[C@@H](c2cc(OC)c(OC)c(OC)c2)c2cc3c(cc2[C@@H](O)[C@@H]1CO)OCO3. The maximum absolute atomic E-state index is 13.9. The van der Waals surface area contributed by atoms with Crippen LogP contribution in [-0.2, 0) is 4.79 Å². The molecule has 0 spiro atoms. The predicted molar refractivity (Wildman–Crippen MR) is 168 cm³/mol. The summed E-state index contributed by atoms with van der Waals surface area (Å²) in [7, 11) is 4.61. The summed E-state index contributed by atoms with van der Waals surface area (Å²) in [5.41, 5.74) is 7.96. The van der Waals surface area contributed by atoms with Gasteiger partial charge in [0.25, 0.3) is 0 Å². The molecule has 0 radical (unpaired) electrons. The van der Waals surface area contributed by atoms with Crippen LogP contribution in [0.2, 0.25) is 0 Å². The molecule has 2 aliphatic rings. The molecule has 1 aliphatic carbocycles.